The van der Waals surface area contributed by atoms with Gasteiger partial charge in [-0.25, -0.2) is 0 Å². The highest BCUT2D eigenvalue weighted by molar-refractivity contribution is 5.89. The molecule has 0 radical (unpaired) electrons. The second kappa shape index (κ2) is 12.1. The fourth-order valence-corrected chi connectivity index (χ4v) is 4.79. The van der Waals surface area contributed by atoms with E-state index in [1.165, 1.54) is 10.8 Å². The monoisotopic (exact) mass is 506 g/mol. The van der Waals surface area contributed by atoms with E-state index in [1.807, 2.05) is 88.4 Å². The molecule has 1 atom stereocenters. The summed E-state index contributed by atoms with van der Waals surface area (Å²) in [5.41, 5.74) is 3.93. The van der Waals surface area contributed by atoms with Gasteiger partial charge in [-0.1, -0.05) is 103 Å². The second-order valence-electron chi connectivity index (χ2n) is 11.1. The van der Waals surface area contributed by atoms with E-state index in [4.69, 9.17) is 0 Å². The number of rotatable bonds is 9. The Hall–Kier alpha value is -3.92. The zero-order chi connectivity index (χ0) is 27.1. The molecule has 4 aromatic carbocycles. The third-order valence-electron chi connectivity index (χ3n) is 6.73. The Morgan fingerprint density at radius 2 is 1.45 bits per heavy atom. The summed E-state index contributed by atoms with van der Waals surface area (Å²) < 4.78 is 0. The van der Waals surface area contributed by atoms with E-state index in [-0.39, 0.29) is 11.8 Å². The van der Waals surface area contributed by atoms with Gasteiger partial charge in [0.15, 0.2) is 0 Å². The average molecular weight is 507 g/mol. The number of carbonyl (C=O) groups excluding carboxylic acids is 2. The van der Waals surface area contributed by atoms with E-state index in [9.17, 15) is 9.59 Å². The van der Waals surface area contributed by atoms with Crippen molar-refractivity contribution < 1.29 is 9.59 Å². The van der Waals surface area contributed by atoms with Crippen LogP contribution in [0, 0.1) is 6.92 Å². The molecule has 0 unspecified atom stereocenters. The van der Waals surface area contributed by atoms with Crippen LogP contribution in [0.5, 0.6) is 0 Å². The number of nitrogens with one attached hydrogen (secondary N) is 1. The topological polar surface area (TPSA) is 49.4 Å². The minimum atomic E-state index is -0.627. The van der Waals surface area contributed by atoms with Crippen LogP contribution in [0.25, 0.3) is 10.8 Å². The maximum absolute atomic E-state index is 14.0. The van der Waals surface area contributed by atoms with Gasteiger partial charge in [0.1, 0.15) is 6.04 Å². The Kier molecular flexibility index (Phi) is 8.62. The van der Waals surface area contributed by atoms with Crippen LogP contribution < -0.4 is 5.32 Å². The van der Waals surface area contributed by atoms with Crippen LogP contribution in [-0.4, -0.2) is 28.3 Å². The zero-order valence-corrected chi connectivity index (χ0v) is 22.9. The van der Waals surface area contributed by atoms with E-state index < -0.39 is 11.6 Å². The fourth-order valence-electron chi connectivity index (χ4n) is 4.79. The summed E-state index contributed by atoms with van der Waals surface area (Å²) in [6.07, 6.45) is 1.39. The third kappa shape index (κ3) is 7.32. The summed E-state index contributed by atoms with van der Waals surface area (Å²) in [5, 5.41) is 5.47. The Morgan fingerprint density at radius 1 is 0.789 bits per heavy atom. The highest BCUT2D eigenvalue weighted by atomic mass is 16.2. The van der Waals surface area contributed by atoms with Crippen molar-refractivity contribution in [3.63, 3.8) is 0 Å². The molecule has 4 aromatic rings. The van der Waals surface area contributed by atoms with Crippen LogP contribution in [0.3, 0.4) is 0 Å². The van der Waals surface area contributed by atoms with Crippen molar-refractivity contribution in [3.05, 3.63) is 119 Å². The molecule has 38 heavy (non-hydrogen) atoms. The van der Waals surface area contributed by atoms with E-state index in [1.54, 1.807) is 4.90 Å². The molecule has 1 N–H and O–H groups in total. The molecule has 0 fully saturated rings. The summed E-state index contributed by atoms with van der Waals surface area (Å²) in [5.74, 6) is -0.157. The summed E-state index contributed by atoms with van der Waals surface area (Å²) in [6.45, 7) is 8.33. The molecule has 0 saturated heterocycles. The van der Waals surface area contributed by atoms with Gasteiger partial charge in [-0.05, 0) is 61.6 Å². The number of aryl methyl sites for hydroxylation is 2. The molecule has 0 saturated carbocycles. The lowest BCUT2D eigenvalue weighted by Crippen LogP contribution is -2.54. The lowest BCUT2D eigenvalue weighted by Gasteiger charge is -2.34. The summed E-state index contributed by atoms with van der Waals surface area (Å²) in [4.78, 5) is 29.5. The molecule has 0 heterocycles. The molecule has 4 rings (SSSR count). The number of amides is 2. The van der Waals surface area contributed by atoms with Crippen molar-refractivity contribution >= 4 is 22.6 Å². The molecule has 196 valence electrons. The van der Waals surface area contributed by atoms with E-state index >= 15 is 0 Å². The third-order valence-corrected chi connectivity index (χ3v) is 6.73. The molecule has 0 bridgehead atoms. The van der Waals surface area contributed by atoms with Crippen LogP contribution in [0.4, 0.5) is 0 Å². The summed E-state index contributed by atoms with van der Waals surface area (Å²) >= 11 is 0. The SMILES string of the molecule is Cc1ccc(CN(C(=O)CCc2cccc3ccccc23)[C@@H](Cc2ccccc2)C(=O)NC(C)(C)C)cc1. The van der Waals surface area contributed by atoms with Crippen LogP contribution in [0.1, 0.15) is 49.4 Å². The minimum Gasteiger partial charge on any atom is -0.350 e. The predicted molar refractivity (Wildman–Crippen MR) is 156 cm³/mol. The first-order valence-corrected chi connectivity index (χ1v) is 13.4. The lowest BCUT2D eigenvalue weighted by molar-refractivity contribution is -0.141. The first kappa shape index (κ1) is 27.1. The molecule has 0 aliphatic heterocycles. The molecular weight excluding hydrogens is 468 g/mol. The first-order valence-electron chi connectivity index (χ1n) is 13.4. The smallest absolute Gasteiger partial charge is 0.243 e. The van der Waals surface area contributed by atoms with Crippen LogP contribution in [0.2, 0.25) is 0 Å². The Bertz CT molecular complexity index is 1370. The molecule has 4 heteroatoms. The van der Waals surface area contributed by atoms with Crippen molar-refractivity contribution in [1.82, 2.24) is 10.2 Å². The number of hydrogen-bond donors (Lipinski definition) is 1. The Balaban J connectivity index is 1.65. The van der Waals surface area contributed by atoms with Crippen LogP contribution >= 0.6 is 0 Å². The van der Waals surface area contributed by atoms with Gasteiger partial charge in [0, 0.05) is 24.9 Å². The van der Waals surface area contributed by atoms with Crippen molar-refractivity contribution in [2.45, 2.75) is 65.1 Å². The van der Waals surface area contributed by atoms with Crippen LogP contribution in [0.15, 0.2) is 97.1 Å². The second-order valence-corrected chi connectivity index (χ2v) is 11.1. The van der Waals surface area contributed by atoms with Crippen LogP contribution in [-0.2, 0) is 29.0 Å². The van der Waals surface area contributed by atoms with E-state index in [0.29, 0.717) is 25.8 Å². The molecule has 4 nitrogen and oxygen atoms in total. The van der Waals surface area contributed by atoms with Crippen molar-refractivity contribution in [3.8, 4) is 0 Å². The lowest BCUT2D eigenvalue weighted by atomic mass is 9.98. The fraction of sp³-hybridized carbons (Fsp3) is 0.294. The average Bonchev–Trinajstić information content (AvgIpc) is 2.90. The molecule has 0 aromatic heterocycles. The number of carbonyl (C=O) groups is 2. The highest BCUT2D eigenvalue weighted by Crippen LogP contribution is 2.22. The van der Waals surface area contributed by atoms with Crippen molar-refractivity contribution in [2.24, 2.45) is 0 Å². The van der Waals surface area contributed by atoms with Crippen molar-refractivity contribution in [2.75, 3.05) is 0 Å². The molecule has 0 spiro atoms. The predicted octanol–water partition coefficient (Wildman–Crippen LogP) is 6.64. The van der Waals surface area contributed by atoms with E-state index in [0.717, 1.165) is 22.3 Å². The van der Waals surface area contributed by atoms with Gasteiger partial charge in [0.2, 0.25) is 11.8 Å². The Morgan fingerprint density at radius 3 is 2.16 bits per heavy atom. The maximum Gasteiger partial charge on any atom is 0.243 e. The normalized spacial score (nSPS) is 12.2. The number of benzene rings is 4. The standard InChI is InChI=1S/C34H38N2O2/c1-25-17-19-27(20-18-25)24-36(31(33(38)35-34(2,3)4)23-26-11-6-5-7-12-26)32(37)22-21-29-15-10-14-28-13-8-9-16-30(28)29/h5-20,31H,21-24H2,1-4H3,(H,35,38)/t31-/m0/s1. The quantitative estimate of drug-likeness (QED) is 0.277. The molecule has 0 aliphatic rings. The minimum absolute atomic E-state index is 0.0245. The largest absolute Gasteiger partial charge is 0.350 e. The van der Waals surface area contributed by atoms with Gasteiger partial charge in [0.25, 0.3) is 0 Å². The zero-order valence-electron chi connectivity index (χ0n) is 22.9. The molecule has 2 amide bonds. The first-order chi connectivity index (χ1) is 18.2. The maximum atomic E-state index is 14.0. The molecular formula is C34H38N2O2. The van der Waals surface area contributed by atoms with E-state index in [2.05, 4.69) is 41.7 Å². The van der Waals surface area contributed by atoms with Gasteiger partial charge < -0.3 is 10.2 Å². The van der Waals surface area contributed by atoms with Gasteiger partial charge in [-0.3, -0.25) is 9.59 Å². The molecule has 0 aliphatic carbocycles. The van der Waals surface area contributed by atoms with Crippen molar-refractivity contribution in [1.29, 1.82) is 0 Å². The highest BCUT2D eigenvalue weighted by Gasteiger charge is 2.32. The van der Waals surface area contributed by atoms with Gasteiger partial charge in [-0.2, -0.15) is 0 Å². The summed E-state index contributed by atoms with van der Waals surface area (Å²) in [6, 6.07) is 32.0. The van der Waals surface area contributed by atoms with Gasteiger partial charge >= 0.3 is 0 Å². The number of nitrogens with zero attached hydrogens (tertiary/aromatic N) is 1. The number of fused-ring (bicyclic) bond motifs is 1. The summed E-state index contributed by atoms with van der Waals surface area (Å²) in [7, 11) is 0. The van der Waals surface area contributed by atoms with Gasteiger partial charge in [-0.15, -0.1) is 0 Å². The Labute approximate surface area is 226 Å². The number of hydrogen-bond acceptors (Lipinski definition) is 2. The van der Waals surface area contributed by atoms with Gasteiger partial charge in [0.05, 0.1) is 0 Å².